The van der Waals surface area contributed by atoms with Crippen LogP contribution in [0.25, 0.3) is 28.0 Å². The molecule has 0 aliphatic carbocycles. The van der Waals surface area contributed by atoms with Gasteiger partial charge in [-0.2, -0.15) is 28.0 Å². The first kappa shape index (κ1) is 20.0. The lowest BCUT2D eigenvalue weighted by Gasteiger charge is -2.09. The highest BCUT2D eigenvalue weighted by Gasteiger charge is 2.39. The van der Waals surface area contributed by atoms with Crippen LogP contribution in [0.5, 0.6) is 0 Å². The van der Waals surface area contributed by atoms with Gasteiger partial charge in [-0.15, -0.1) is 0 Å². The van der Waals surface area contributed by atoms with Gasteiger partial charge in [-0.25, -0.2) is 0 Å². The second kappa shape index (κ2) is 7.20. The fourth-order valence-electron chi connectivity index (χ4n) is 3.07. The molecule has 4 rings (SSSR count). The maximum Gasteiger partial charge on any atom is 0.435 e. The van der Waals surface area contributed by atoms with Gasteiger partial charge in [-0.05, 0) is 29.8 Å². The highest BCUT2D eigenvalue weighted by atomic mass is 35.5. The molecule has 2 heterocycles. The smallest absolute Gasteiger partial charge is 0.339 e. The molecule has 0 bridgehead atoms. The molecule has 5 nitrogen and oxygen atoms in total. The molecule has 0 atom stereocenters. The van der Waals surface area contributed by atoms with Gasteiger partial charge in [0.15, 0.2) is 5.69 Å². The van der Waals surface area contributed by atoms with E-state index in [4.69, 9.17) is 28.5 Å². The summed E-state index contributed by atoms with van der Waals surface area (Å²) in [6.45, 7) is 0. The molecule has 0 fully saturated rings. The van der Waals surface area contributed by atoms with Crippen molar-refractivity contribution < 1.29 is 13.2 Å². The van der Waals surface area contributed by atoms with Crippen LogP contribution >= 0.6 is 23.2 Å². The number of nitrogens with zero attached hydrogens (tertiary/aromatic N) is 3. The molecule has 0 saturated carbocycles. The van der Waals surface area contributed by atoms with Gasteiger partial charge in [-0.3, -0.25) is 4.79 Å². The molecule has 4 aromatic rings. The lowest BCUT2D eigenvalue weighted by atomic mass is 10.0. The van der Waals surface area contributed by atoms with Crippen molar-refractivity contribution in [2.75, 3.05) is 0 Å². The van der Waals surface area contributed by atoms with Crippen molar-refractivity contribution >= 4 is 28.8 Å². The lowest BCUT2D eigenvalue weighted by molar-refractivity contribution is -0.140. The third-order valence-electron chi connectivity index (χ3n) is 4.41. The fraction of sp³-hybridized carbons (Fsp3) is 0.0500. The molecule has 1 N–H and O–H groups in total. The Balaban J connectivity index is 2.06. The number of hydrogen-bond acceptors (Lipinski definition) is 3. The zero-order valence-corrected chi connectivity index (χ0v) is 16.3. The summed E-state index contributed by atoms with van der Waals surface area (Å²) in [6.07, 6.45) is -4.83. The lowest BCUT2D eigenvalue weighted by Crippen LogP contribution is -2.15. The Hall–Kier alpha value is -3.28. The van der Waals surface area contributed by atoms with Crippen LogP contribution in [0.3, 0.4) is 0 Å². The first-order valence-corrected chi connectivity index (χ1v) is 9.14. The molecule has 2 aromatic carbocycles. The Morgan fingerprint density at radius 3 is 2.37 bits per heavy atom. The molecule has 0 spiro atoms. The number of hydrogen-bond donors (Lipinski definition) is 1. The topological polar surface area (TPSA) is 73.9 Å². The molecule has 0 aliphatic rings. The van der Waals surface area contributed by atoms with E-state index >= 15 is 0 Å². The summed E-state index contributed by atoms with van der Waals surface area (Å²) in [4.78, 5) is 15.4. The Morgan fingerprint density at radius 1 is 1.07 bits per heavy atom. The number of halogens is 5. The van der Waals surface area contributed by atoms with Crippen molar-refractivity contribution in [2.45, 2.75) is 6.18 Å². The molecule has 0 aliphatic heterocycles. The van der Waals surface area contributed by atoms with Gasteiger partial charge in [0.25, 0.3) is 5.56 Å². The van der Waals surface area contributed by atoms with Crippen LogP contribution in [0.15, 0.2) is 53.3 Å². The van der Waals surface area contributed by atoms with Crippen molar-refractivity contribution in [3.05, 3.63) is 80.2 Å². The van der Waals surface area contributed by atoms with Crippen LogP contribution in [-0.2, 0) is 6.18 Å². The van der Waals surface area contributed by atoms with E-state index in [1.54, 1.807) is 12.1 Å². The number of alkyl halides is 3. The summed E-state index contributed by atoms with van der Waals surface area (Å²) in [5.41, 5.74) is -1.35. The van der Waals surface area contributed by atoms with Crippen LogP contribution in [0.4, 0.5) is 13.2 Å². The fourth-order valence-corrected chi connectivity index (χ4v) is 3.57. The maximum absolute atomic E-state index is 13.7. The van der Waals surface area contributed by atoms with E-state index in [1.165, 1.54) is 30.3 Å². The van der Waals surface area contributed by atoms with Crippen molar-refractivity contribution in [1.82, 2.24) is 14.6 Å². The first-order valence-electron chi connectivity index (χ1n) is 8.38. The molecular formula is C20H9Cl2F3N4O. The number of nitriles is 1. The normalized spacial score (nSPS) is 11.6. The average Bonchev–Trinajstić information content (AvgIpc) is 3.08. The minimum absolute atomic E-state index is 0.0208. The van der Waals surface area contributed by atoms with Crippen LogP contribution in [0.1, 0.15) is 11.3 Å². The zero-order valence-electron chi connectivity index (χ0n) is 14.8. The number of rotatable bonds is 2. The van der Waals surface area contributed by atoms with Crippen molar-refractivity contribution in [2.24, 2.45) is 0 Å². The Kier molecular flexibility index (Phi) is 4.80. The van der Waals surface area contributed by atoms with Crippen molar-refractivity contribution in [3.63, 3.8) is 0 Å². The quantitative estimate of drug-likeness (QED) is 0.436. The largest absolute Gasteiger partial charge is 0.435 e. The highest BCUT2D eigenvalue weighted by molar-refractivity contribution is 6.36. The Labute approximate surface area is 176 Å². The molecular weight excluding hydrogens is 440 g/mol. The number of nitrogens with one attached hydrogen (secondary N) is 1. The van der Waals surface area contributed by atoms with Crippen molar-refractivity contribution in [3.8, 4) is 28.5 Å². The van der Waals surface area contributed by atoms with Gasteiger partial charge in [0.1, 0.15) is 5.65 Å². The SMILES string of the molecule is N#Cc1ccc(-c2cc(=O)n3nc(C(F)(F)F)c(-c4ccc(Cl)cc4Cl)c3[nH]2)cc1. The maximum atomic E-state index is 13.7. The number of benzene rings is 2. The van der Waals surface area contributed by atoms with E-state index in [-0.39, 0.29) is 32.5 Å². The summed E-state index contributed by atoms with van der Waals surface area (Å²) >= 11 is 12.0. The molecule has 0 radical (unpaired) electrons. The van der Waals surface area contributed by atoms with E-state index in [0.717, 1.165) is 6.07 Å². The van der Waals surface area contributed by atoms with Crippen molar-refractivity contribution in [1.29, 1.82) is 5.26 Å². The number of fused-ring (bicyclic) bond motifs is 1. The third-order valence-corrected chi connectivity index (χ3v) is 4.96. The second-order valence-electron chi connectivity index (χ2n) is 6.32. The van der Waals surface area contributed by atoms with Crippen LogP contribution < -0.4 is 5.56 Å². The minimum Gasteiger partial charge on any atom is -0.339 e. The molecule has 0 amide bonds. The second-order valence-corrected chi connectivity index (χ2v) is 7.16. The average molecular weight is 449 g/mol. The summed E-state index contributed by atoms with van der Waals surface area (Å²) in [5.74, 6) is 0. The van der Waals surface area contributed by atoms with Gasteiger partial charge < -0.3 is 4.98 Å². The monoisotopic (exact) mass is 448 g/mol. The predicted molar refractivity (Wildman–Crippen MR) is 106 cm³/mol. The van der Waals surface area contributed by atoms with E-state index in [0.29, 0.717) is 15.6 Å². The zero-order chi connectivity index (χ0) is 21.6. The number of aromatic amines is 1. The van der Waals surface area contributed by atoms with Crippen LogP contribution in [0.2, 0.25) is 10.0 Å². The predicted octanol–water partition coefficient (Wildman–Crippen LogP) is 5.55. The van der Waals surface area contributed by atoms with E-state index in [9.17, 15) is 18.0 Å². The summed E-state index contributed by atoms with van der Waals surface area (Å²) in [6, 6.07) is 13.4. The van der Waals surface area contributed by atoms with E-state index in [2.05, 4.69) is 10.1 Å². The van der Waals surface area contributed by atoms with Crippen LogP contribution in [-0.4, -0.2) is 14.6 Å². The standard InChI is InChI=1S/C20H9Cl2F3N4O/c21-12-5-6-13(14(22)7-12)17-18(20(23,24)25)28-29-16(30)8-15(27-19(17)29)11-3-1-10(9-26)2-4-11/h1-8,27H. The molecule has 30 heavy (non-hydrogen) atoms. The molecule has 0 unspecified atom stereocenters. The van der Waals surface area contributed by atoms with Gasteiger partial charge in [0, 0.05) is 16.7 Å². The Morgan fingerprint density at radius 2 is 1.77 bits per heavy atom. The minimum atomic E-state index is -4.83. The van der Waals surface area contributed by atoms with Crippen LogP contribution in [0, 0.1) is 11.3 Å². The third kappa shape index (κ3) is 3.43. The molecule has 150 valence electrons. The molecule has 0 saturated heterocycles. The highest BCUT2D eigenvalue weighted by Crippen LogP contribution is 2.41. The summed E-state index contributed by atoms with van der Waals surface area (Å²) in [7, 11) is 0. The van der Waals surface area contributed by atoms with Gasteiger partial charge in [0.05, 0.1) is 27.9 Å². The van der Waals surface area contributed by atoms with Gasteiger partial charge >= 0.3 is 6.18 Å². The van der Waals surface area contributed by atoms with E-state index in [1.807, 2.05) is 6.07 Å². The number of H-pyrrole nitrogens is 1. The van der Waals surface area contributed by atoms with Gasteiger partial charge in [0.2, 0.25) is 0 Å². The van der Waals surface area contributed by atoms with Gasteiger partial charge in [-0.1, -0.05) is 41.4 Å². The first-order chi connectivity index (χ1) is 14.2. The Bertz CT molecular complexity index is 1380. The number of aromatic nitrogens is 3. The van der Waals surface area contributed by atoms with E-state index < -0.39 is 17.4 Å². The molecule has 2 aromatic heterocycles. The summed E-state index contributed by atoms with van der Waals surface area (Å²) in [5, 5.41) is 12.7. The molecule has 10 heteroatoms. The summed E-state index contributed by atoms with van der Waals surface area (Å²) < 4.78 is 41.8.